The van der Waals surface area contributed by atoms with Gasteiger partial charge in [0.05, 0.1) is 24.3 Å². The van der Waals surface area contributed by atoms with E-state index in [1.54, 1.807) is 26.5 Å². The minimum atomic E-state index is -0.496. The molecule has 1 saturated heterocycles. The molecule has 1 fully saturated rings. The summed E-state index contributed by atoms with van der Waals surface area (Å²) in [5, 5.41) is 8.58. The maximum absolute atomic E-state index is 12.4. The predicted octanol–water partition coefficient (Wildman–Crippen LogP) is 3.30. The Bertz CT molecular complexity index is 1030. The van der Waals surface area contributed by atoms with Crippen LogP contribution in [-0.2, 0) is 11.8 Å². The number of amides is 1. The zero-order valence-corrected chi connectivity index (χ0v) is 17.9. The summed E-state index contributed by atoms with van der Waals surface area (Å²) in [7, 11) is 1.87. The van der Waals surface area contributed by atoms with Gasteiger partial charge < -0.3 is 14.4 Å². The van der Waals surface area contributed by atoms with E-state index < -0.39 is 5.60 Å². The summed E-state index contributed by atoms with van der Waals surface area (Å²) < 4.78 is 15.4. The molecule has 30 heavy (non-hydrogen) atoms. The molecule has 1 aliphatic rings. The van der Waals surface area contributed by atoms with Crippen LogP contribution in [0.1, 0.15) is 40.0 Å². The topological polar surface area (TPSA) is 86.8 Å². The molecule has 0 radical (unpaired) electrons. The first-order chi connectivity index (χ1) is 14.3. The number of hydrogen-bond donors (Lipinski definition) is 0. The van der Waals surface area contributed by atoms with Crippen LogP contribution in [0.25, 0.3) is 16.8 Å². The van der Waals surface area contributed by atoms with E-state index in [0.717, 1.165) is 36.0 Å². The number of hydrogen-bond acceptors (Lipinski definition) is 6. The van der Waals surface area contributed by atoms with Crippen LogP contribution in [0.2, 0.25) is 0 Å². The Morgan fingerprint density at radius 1 is 1.17 bits per heavy atom. The van der Waals surface area contributed by atoms with Gasteiger partial charge in [-0.1, -0.05) is 0 Å². The van der Waals surface area contributed by atoms with Gasteiger partial charge in [0, 0.05) is 38.3 Å². The fourth-order valence-electron chi connectivity index (χ4n) is 3.53. The van der Waals surface area contributed by atoms with Crippen molar-refractivity contribution in [1.29, 1.82) is 0 Å². The van der Waals surface area contributed by atoms with Crippen molar-refractivity contribution in [3.8, 4) is 17.1 Å². The van der Waals surface area contributed by atoms with Crippen LogP contribution in [0.5, 0.6) is 5.88 Å². The molecule has 1 atom stereocenters. The largest absolute Gasteiger partial charge is 0.473 e. The summed E-state index contributed by atoms with van der Waals surface area (Å²) in [6, 6.07) is 1.89. The average Bonchev–Trinajstić information content (AvgIpc) is 3.25. The van der Waals surface area contributed by atoms with E-state index in [0.29, 0.717) is 19.0 Å². The van der Waals surface area contributed by atoms with Gasteiger partial charge in [0.2, 0.25) is 5.88 Å². The zero-order valence-electron chi connectivity index (χ0n) is 17.9. The third-order valence-electron chi connectivity index (χ3n) is 4.96. The Kier molecular flexibility index (Phi) is 5.36. The lowest BCUT2D eigenvalue weighted by molar-refractivity contribution is 0.0252. The van der Waals surface area contributed by atoms with E-state index >= 15 is 0 Å². The zero-order chi connectivity index (χ0) is 21.3. The van der Waals surface area contributed by atoms with Crippen LogP contribution < -0.4 is 4.74 Å². The summed E-state index contributed by atoms with van der Waals surface area (Å²) in [5.41, 5.74) is 1.97. The van der Waals surface area contributed by atoms with Gasteiger partial charge in [0.25, 0.3) is 0 Å². The van der Waals surface area contributed by atoms with Crippen molar-refractivity contribution in [2.45, 2.75) is 51.7 Å². The van der Waals surface area contributed by atoms with Crippen LogP contribution in [0.15, 0.2) is 30.9 Å². The van der Waals surface area contributed by atoms with Gasteiger partial charge in [-0.2, -0.15) is 10.2 Å². The number of carbonyl (C=O) groups is 1. The fourth-order valence-corrected chi connectivity index (χ4v) is 3.53. The van der Waals surface area contributed by atoms with Crippen molar-refractivity contribution in [3.63, 3.8) is 0 Å². The number of carbonyl (C=O) groups excluding carboxylic acids is 1. The average molecular weight is 412 g/mol. The molecular weight excluding hydrogens is 384 g/mol. The Morgan fingerprint density at radius 3 is 2.73 bits per heavy atom. The SMILES string of the molecule is Cn1cc(-c2cn3nccc3c(OC3CCCN(C(=O)OC(C)(C)C)CC3)n2)cn1. The predicted molar refractivity (Wildman–Crippen MR) is 111 cm³/mol. The Morgan fingerprint density at radius 2 is 2.00 bits per heavy atom. The van der Waals surface area contributed by atoms with Gasteiger partial charge >= 0.3 is 6.09 Å². The van der Waals surface area contributed by atoms with E-state index in [1.165, 1.54) is 0 Å². The maximum Gasteiger partial charge on any atom is 0.410 e. The first-order valence-corrected chi connectivity index (χ1v) is 10.3. The molecule has 9 nitrogen and oxygen atoms in total. The van der Waals surface area contributed by atoms with Gasteiger partial charge in [-0.25, -0.2) is 14.3 Å². The molecule has 1 aliphatic heterocycles. The third-order valence-corrected chi connectivity index (χ3v) is 4.96. The van der Waals surface area contributed by atoms with Gasteiger partial charge in [-0.05, 0) is 39.7 Å². The van der Waals surface area contributed by atoms with Crippen molar-refractivity contribution in [3.05, 3.63) is 30.9 Å². The second-order valence-electron chi connectivity index (χ2n) is 8.63. The molecule has 160 valence electrons. The van der Waals surface area contributed by atoms with Crippen molar-refractivity contribution in [1.82, 2.24) is 29.3 Å². The minimum absolute atomic E-state index is 0.0345. The van der Waals surface area contributed by atoms with Gasteiger partial charge in [0.15, 0.2) is 0 Å². The highest BCUT2D eigenvalue weighted by Crippen LogP contribution is 2.26. The lowest BCUT2D eigenvalue weighted by Crippen LogP contribution is -2.37. The smallest absolute Gasteiger partial charge is 0.410 e. The Balaban J connectivity index is 1.50. The number of nitrogens with zero attached hydrogens (tertiary/aromatic N) is 6. The molecule has 0 bridgehead atoms. The number of likely N-dealkylation sites (tertiary alicyclic amines) is 1. The van der Waals surface area contributed by atoms with E-state index in [4.69, 9.17) is 14.5 Å². The number of fused-ring (bicyclic) bond motifs is 1. The van der Waals surface area contributed by atoms with Crippen molar-refractivity contribution in [2.75, 3.05) is 13.1 Å². The van der Waals surface area contributed by atoms with Crippen LogP contribution in [0.3, 0.4) is 0 Å². The normalized spacial score (nSPS) is 17.7. The van der Waals surface area contributed by atoms with Crippen LogP contribution in [0, 0.1) is 0 Å². The molecular formula is C21H28N6O3. The highest BCUT2D eigenvalue weighted by molar-refractivity contribution is 5.68. The second-order valence-corrected chi connectivity index (χ2v) is 8.63. The number of aromatic nitrogens is 5. The number of aryl methyl sites for hydroxylation is 1. The molecule has 1 unspecified atom stereocenters. The van der Waals surface area contributed by atoms with Gasteiger partial charge in [-0.3, -0.25) is 4.68 Å². The van der Waals surface area contributed by atoms with E-state index in [-0.39, 0.29) is 12.2 Å². The first-order valence-electron chi connectivity index (χ1n) is 10.3. The van der Waals surface area contributed by atoms with Crippen molar-refractivity contribution < 1.29 is 14.3 Å². The lowest BCUT2D eigenvalue weighted by atomic mass is 10.1. The lowest BCUT2D eigenvalue weighted by Gasteiger charge is -2.26. The molecule has 0 aliphatic carbocycles. The van der Waals surface area contributed by atoms with E-state index in [1.807, 2.05) is 46.3 Å². The Labute approximate surface area is 175 Å². The second kappa shape index (κ2) is 7.97. The third kappa shape index (κ3) is 4.55. The summed E-state index contributed by atoms with van der Waals surface area (Å²) in [5.74, 6) is 0.546. The van der Waals surface area contributed by atoms with Crippen LogP contribution in [0.4, 0.5) is 4.79 Å². The van der Waals surface area contributed by atoms with Crippen LogP contribution >= 0.6 is 0 Å². The molecule has 0 aromatic carbocycles. The van der Waals surface area contributed by atoms with Gasteiger partial charge in [0.1, 0.15) is 17.2 Å². The number of rotatable bonds is 3. The summed E-state index contributed by atoms with van der Waals surface area (Å²) in [6.07, 6.45) is 9.40. The fraction of sp³-hybridized carbons (Fsp3) is 0.524. The summed E-state index contributed by atoms with van der Waals surface area (Å²) in [4.78, 5) is 18.9. The monoisotopic (exact) mass is 412 g/mol. The first kappa shape index (κ1) is 20.2. The molecule has 9 heteroatoms. The molecule has 3 aromatic rings. The van der Waals surface area contributed by atoms with E-state index in [9.17, 15) is 4.79 Å². The quantitative estimate of drug-likeness (QED) is 0.656. The highest BCUT2D eigenvalue weighted by Gasteiger charge is 2.26. The summed E-state index contributed by atoms with van der Waals surface area (Å²) in [6.45, 7) is 6.91. The highest BCUT2D eigenvalue weighted by atomic mass is 16.6. The molecule has 4 rings (SSSR count). The minimum Gasteiger partial charge on any atom is -0.473 e. The Hall–Kier alpha value is -3.10. The maximum atomic E-state index is 12.4. The molecule has 0 saturated carbocycles. The van der Waals surface area contributed by atoms with Crippen LogP contribution in [-0.4, -0.2) is 60.2 Å². The standard InChI is InChI=1S/C21H28N6O3/c1-21(2,3)30-20(28)26-10-5-6-16(8-11-26)29-19-18-7-9-22-27(18)14-17(24-19)15-12-23-25(4)13-15/h7,9,12-14,16H,5-6,8,10-11H2,1-4H3. The molecule has 3 aromatic heterocycles. The van der Waals surface area contributed by atoms with Gasteiger partial charge in [-0.15, -0.1) is 0 Å². The van der Waals surface area contributed by atoms with Crippen molar-refractivity contribution in [2.24, 2.45) is 7.05 Å². The van der Waals surface area contributed by atoms with E-state index in [2.05, 4.69) is 10.2 Å². The molecule has 0 N–H and O–H groups in total. The summed E-state index contributed by atoms with van der Waals surface area (Å²) >= 11 is 0. The molecule has 1 amide bonds. The molecule has 4 heterocycles. The van der Waals surface area contributed by atoms with Crippen molar-refractivity contribution >= 4 is 11.6 Å². The molecule has 0 spiro atoms. The number of ether oxygens (including phenoxy) is 2.